The van der Waals surface area contributed by atoms with E-state index in [0.717, 1.165) is 17.8 Å². The summed E-state index contributed by atoms with van der Waals surface area (Å²) in [5, 5.41) is 3.41. The third-order valence-corrected chi connectivity index (χ3v) is 3.74. The Balaban J connectivity index is 2.17. The summed E-state index contributed by atoms with van der Waals surface area (Å²) in [6.45, 7) is 8.87. The molecule has 1 saturated heterocycles. The third kappa shape index (κ3) is 3.95. The average Bonchev–Trinajstić information content (AvgIpc) is 2.45. The first-order chi connectivity index (χ1) is 9.99. The number of anilines is 1. The molecule has 1 aromatic rings. The number of hydrogen-bond donors (Lipinski definition) is 2. The number of hydrogen-bond acceptors (Lipinski definition) is 4. The quantitative estimate of drug-likeness (QED) is 0.855. The van der Waals surface area contributed by atoms with Crippen LogP contribution in [0.15, 0.2) is 18.2 Å². The van der Waals surface area contributed by atoms with E-state index in [1.807, 2.05) is 0 Å². The number of aryl methyl sites for hydroxylation is 1. The molecule has 3 N–H and O–H groups in total. The molecular weight excluding hydrogens is 266 g/mol. The third-order valence-electron chi connectivity index (χ3n) is 3.74. The zero-order valence-electron chi connectivity index (χ0n) is 13.1. The Bertz CT molecular complexity index is 502. The van der Waals surface area contributed by atoms with Gasteiger partial charge < -0.3 is 20.7 Å². The molecule has 1 amide bonds. The van der Waals surface area contributed by atoms with Gasteiger partial charge in [0.2, 0.25) is 5.91 Å². The van der Waals surface area contributed by atoms with Crippen LogP contribution in [0.2, 0.25) is 0 Å². The average molecular weight is 291 g/mol. The van der Waals surface area contributed by atoms with Crippen molar-refractivity contribution < 1.29 is 9.53 Å². The van der Waals surface area contributed by atoms with Crippen LogP contribution in [0.25, 0.3) is 0 Å². The molecule has 0 bridgehead atoms. The number of nitrogens with one attached hydrogen (secondary N) is 1. The molecule has 116 valence electrons. The summed E-state index contributed by atoms with van der Waals surface area (Å²) >= 11 is 0. The molecule has 5 nitrogen and oxygen atoms in total. The van der Waals surface area contributed by atoms with E-state index in [1.165, 1.54) is 5.56 Å². The van der Waals surface area contributed by atoms with E-state index < -0.39 is 0 Å². The van der Waals surface area contributed by atoms with E-state index in [4.69, 9.17) is 10.5 Å². The first kappa shape index (κ1) is 15.8. The van der Waals surface area contributed by atoms with Crippen LogP contribution < -0.4 is 16.0 Å². The van der Waals surface area contributed by atoms with Crippen molar-refractivity contribution >= 4 is 11.6 Å². The van der Waals surface area contributed by atoms with Crippen LogP contribution in [0.3, 0.4) is 0 Å². The maximum absolute atomic E-state index is 11.6. The Hall–Kier alpha value is -1.59. The highest BCUT2D eigenvalue weighted by molar-refractivity contribution is 5.84. The lowest BCUT2D eigenvalue weighted by Crippen LogP contribution is -2.52. The van der Waals surface area contributed by atoms with Crippen LogP contribution >= 0.6 is 0 Å². The molecule has 5 heteroatoms. The van der Waals surface area contributed by atoms with Gasteiger partial charge in [0.05, 0.1) is 13.2 Å². The first-order valence-corrected chi connectivity index (χ1v) is 7.45. The van der Waals surface area contributed by atoms with Crippen LogP contribution in [0.4, 0.5) is 5.69 Å². The normalized spacial score (nSPS) is 19.0. The van der Waals surface area contributed by atoms with E-state index in [9.17, 15) is 4.79 Å². The van der Waals surface area contributed by atoms with Crippen LogP contribution in [0, 0.1) is 6.92 Å². The maximum Gasteiger partial charge on any atom is 0.242 e. The summed E-state index contributed by atoms with van der Waals surface area (Å²) in [5.74, 6) is -0.334. The van der Waals surface area contributed by atoms with Gasteiger partial charge in [0.15, 0.2) is 0 Å². The number of benzene rings is 1. The van der Waals surface area contributed by atoms with Crippen LogP contribution in [-0.2, 0) is 16.1 Å². The van der Waals surface area contributed by atoms with Gasteiger partial charge in [-0.15, -0.1) is 0 Å². The fourth-order valence-electron chi connectivity index (χ4n) is 2.60. The van der Waals surface area contributed by atoms with Crippen molar-refractivity contribution in [2.24, 2.45) is 5.73 Å². The SMILES string of the molecule is Cc1cc(CNC(C)C)ccc1N1CCOCC1C(N)=O. The Morgan fingerprint density at radius 1 is 1.52 bits per heavy atom. The first-order valence-electron chi connectivity index (χ1n) is 7.45. The van der Waals surface area contributed by atoms with Crippen LogP contribution in [0.5, 0.6) is 0 Å². The highest BCUT2D eigenvalue weighted by Crippen LogP contribution is 2.25. The standard InChI is InChI=1S/C16H25N3O2/c1-11(2)18-9-13-4-5-14(12(3)8-13)19-6-7-21-10-15(19)16(17)20/h4-5,8,11,15,18H,6-7,9-10H2,1-3H3,(H2,17,20). The zero-order valence-corrected chi connectivity index (χ0v) is 13.1. The van der Waals surface area contributed by atoms with Crippen molar-refractivity contribution in [3.8, 4) is 0 Å². The van der Waals surface area contributed by atoms with Crippen molar-refractivity contribution in [2.75, 3.05) is 24.7 Å². The fraction of sp³-hybridized carbons (Fsp3) is 0.562. The number of carbonyl (C=O) groups is 1. The van der Waals surface area contributed by atoms with Crippen molar-refractivity contribution in [1.29, 1.82) is 0 Å². The number of carbonyl (C=O) groups excluding carboxylic acids is 1. The van der Waals surface area contributed by atoms with Crippen molar-refractivity contribution in [3.63, 3.8) is 0 Å². The minimum Gasteiger partial charge on any atom is -0.377 e. The summed E-state index contributed by atoms with van der Waals surface area (Å²) in [6.07, 6.45) is 0. The number of morpholine rings is 1. The Labute approximate surface area is 126 Å². The minimum atomic E-state index is -0.378. The summed E-state index contributed by atoms with van der Waals surface area (Å²) in [7, 11) is 0. The van der Waals surface area contributed by atoms with Gasteiger partial charge in [0.1, 0.15) is 6.04 Å². The molecule has 2 rings (SSSR count). The van der Waals surface area contributed by atoms with E-state index in [-0.39, 0.29) is 11.9 Å². The van der Waals surface area contributed by atoms with Crippen molar-refractivity contribution in [2.45, 2.75) is 39.4 Å². The van der Waals surface area contributed by atoms with E-state index in [0.29, 0.717) is 25.8 Å². The topological polar surface area (TPSA) is 67.6 Å². The number of nitrogens with two attached hydrogens (primary N) is 1. The molecule has 0 radical (unpaired) electrons. The molecule has 1 fully saturated rings. The van der Waals surface area contributed by atoms with E-state index in [1.54, 1.807) is 0 Å². The van der Waals surface area contributed by atoms with Gasteiger partial charge >= 0.3 is 0 Å². The van der Waals surface area contributed by atoms with Gasteiger partial charge in [-0.3, -0.25) is 4.79 Å². The predicted molar refractivity (Wildman–Crippen MR) is 84.3 cm³/mol. The number of rotatable bonds is 5. The van der Waals surface area contributed by atoms with Crippen molar-refractivity contribution in [1.82, 2.24) is 5.32 Å². The molecule has 0 aromatic heterocycles. The summed E-state index contributed by atoms with van der Waals surface area (Å²) in [5.41, 5.74) is 8.95. The monoisotopic (exact) mass is 291 g/mol. The Kier molecular flexibility index (Phi) is 5.20. The molecule has 21 heavy (non-hydrogen) atoms. The highest BCUT2D eigenvalue weighted by atomic mass is 16.5. The predicted octanol–water partition coefficient (Wildman–Crippen LogP) is 1.18. The van der Waals surface area contributed by atoms with Crippen molar-refractivity contribution in [3.05, 3.63) is 29.3 Å². The summed E-state index contributed by atoms with van der Waals surface area (Å²) < 4.78 is 5.37. The Morgan fingerprint density at radius 2 is 2.29 bits per heavy atom. The lowest BCUT2D eigenvalue weighted by Gasteiger charge is -2.36. The molecule has 1 aliphatic heterocycles. The molecule has 1 heterocycles. The largest absolute Gasteiger partial charge is 0.377 e. The lowest BCUT2D eigenvalue weighted by atomic mass is 10.1. The Morgan fingerprint density at radius 3 is 2.90 bits per heavy atom. The molecule has 0 aliphatic carbocycles. The van der Waals surface area contributed by atoms with Crippen LogP contribution in [-0.4, -0.2) is 37.7 Å². The molecule has 1 atom stereocenters. The minimum absolute atomic E-state index is 0.334. The molecule has 1 unspecified atom stereocenters. The van der Waals surface area contributed by atoms with E-state index >= 15 is 0 Å². The zero-order chi connectivity index (χ0) is 15.4. The molecule has 1 aliphatic rings. The second-order valence-corrected chi connectivity index (χ2v) is 5.84. The molecule has 1 aromatic carbocycles. The molecular formula is C16H25N3O2. The van der Waals surface area contributed by atoms with E-state index in [2.05, 4.69) is 49.2 Å². The second kappa shape index (κ2) is 6.91. The number of amides is 1. The fourth-order valence-corrected chi connectivity index (χ4v) is 2.60. The smallest absolute Gasteiger partial charge is 0.242 e. The number of ether oxygens (including phenoxy) is 1. The number of primary amides is 1. The van der Waals surface area contributed by atoms with Gasteiger partial charge in [-0.05, 0) is 24.1 Å². The van der Waals surface area contributed by atoms with Gasteiger partial charge in [0.25, 0.3) is 0 Å². The van der Waals surface area contributed by atoms with Gasteiger partial charge in [0, 0.05) is 24.8 Å². The molecule has 0 saturated carbocycles. The van der Waals surface area contributed by atoms with Gasteiger partial charge in [-0.25, -0.2) is 0 Å². The van der Waals surface area contributed by atoms with Gasteiger partial charge in [-0.2, -0.15) is 0 Å². The van der Waals surface area contributed by atoms with Gasteiger partial charge in [-0.1, -0.05) is 26.0 Å². The van der Waals surface area contributed by atoms with Crippen LogP contribution in [0.1, 0.15) is 25.0 Å². The summed E-state index contributed by atoms with van der Waals surface area (Å²) in [4.78, 5) is 13.6. The lowest BCUT2D eigenvalue weighted by molar-refractivity contribution is -0.121. The summed E-state index contributed by atoms with van der Waals surface area (Å²) in [6, 6.07) is 6.43. The maximum atomic E-state index is 11.6. The second-order valence-electron chi connectivity index (χ2n) is 5.84. The highest BCUT2D eigenvalue weighted by Gasteiger charge is 2.28. The molecule has 0 spiro atoms. The number of nitrogens with zero attached hydrogens (tertiary/aromatic N) is 1.